The second-order valence-corrected chi connectivity index (χ2v) is 8.36. The molecule has 0 fully saturated rings. The van der Waals surface area contributed by atoms with Gasteiger partial charge in [0.05, 0.1) is 72.7 Å². The van der Waals surface area contributed by atoms with Gasteiger partial charge in [-0.25, -0.2) is 9.47 Å². The lowest BCUT2D eigenvalue weighted by atomic mass is 10.4. The predicted octanol–water partition coefficient (Wildman–Crippen LogP) is 0.480. The van der Waals surface area contributed by atoms with Crippen LogP contribution in [0.4, 0.5) is 26.3 Å². The van der Waals surface area contributed by atoms with E-state index in [0.717, 1.165) is 0 Å². The van der Waals surface area contributed by atoms with Crippen LogP contribution >= 0.6 is 0 Å². The van der Waals surface area contributed by atoms with Crippen LogP contribution in [0.2, 0.25) is 0 Å². The summed E-state index contributed by atoms with van der Waals surface area (Å²) in [5.74, 6) is 0. The molecule has 252 valence electrons. The van der Waals surface area contributed by atoms with Crippen LogP contribution < -0.4 is 0 Å². The smallest absolute Gasteiger partial charge is 0.394 e. The van der Waals surface area contributed by atoms with Gasteiger partial charge in [-0.15, -0.1) is 15.4 Å². The minimum atomic E-state index is -5.46. The van der Waals surface area contributed by atoms with Crippen LogP contribution in [0.25, 0.3) is 0 Å². The zero-order valence-corrected chi connectivity index (χ0v) is 22.9. The van der Waals surface area contributed by atoms with E-state index in [2.05, 4.69) is 25.5 Å². The van der Waals surface area contributed by atoms with E-state index in [0.29, 0.717) is 13.0 Å². The molecule has 0 aromatic carbocycles. The van der Waals surface area contributed by atoms with Gasteiger partial charge in [0.2, 0.25) is 0 Å². The molecule has 0 amide bonds. The van der Waals surface area contributed by atoms with Gasteiger partial charge in [-0.05, 0) is 6.42 Å². The monoisotopic (exact) mass is 638 g/mol. The molecule has 4 N–H and O–H groups in total. The maximum atomic E-state index is 13.6. The van der Waals surface area contributed by atoms with E-state index in [9.17, 15) is 41.7 Å². The molecule has 0 heterocycles. The quantitative estimate of drug-likeness (QED) is 0.0372. The Morgan fingerprint density at radius 2 is 1.02 bits per heavy atom. The molecule has 0 aliphatic heterocycles. The first-order valence-corrected chi connectivity index (χ1v) is 12.6. The van der Waals surface area contributed by atoms with Crippen LogP contribution in [0.3, 0.4) is 0 Å². The summed E-state index contributed by atoms with van der Waals surface area (Å²) in [6, 6.07) is 0. The maximum absolute atomic E-state index is 13.6. The van der Waals surface area contributed by atoms with E-state index < -0.39 is 69.9 Å². The fraction of sp³-hybridized carbons (Fsp3) is 0.913. The summed E-state index contributed by atoms with van der Waals surface area (Å²) in [7, 11) is 0. The number of aliphatic hydroxyl groups excluding tert-OH is 4. The summed E-state index contributed by atoms with van der Waals surface area (Å²) >= 11 is 0. The van der Waals surface area contributed by atoms with E-state index in [1.807, 2.05) is 0 Å². The van der Waals surface area contributed by atoms with Gasteiger partial charge in [0, 0.05) is 0 Å². The topological polar surface area (TPSA) is 164 Å². The molecule has 3 atom stereocenters. The van der Waals surface area contributed by atoms with E-state index in [4.69, 9.17) is 28.8 Å². The van der Waals surface area contributed by atoms with Crippen molar-refractivity contribution in [1.82, 2.24) is 0 Å². The number of alkyl halides is 6. The number of rotatable bonds is 30. The molecule has 0 aliphatic rings. The predicted molar refractivity (Wildman–Crippen MR) is 128 cm³/mol. The molecule has 0 aliphatic carbocycles. The van der Waals surface area contributed by atoms with Crippen molar-refractivity contribution in [2.24, 2.45) is 0 Å². The highest BCUT2D eigenvalue weighted by molar-refractivity contribution is 4.64. The molecule has 0 saturated carbocycles. The van der Waals surface area contributed by atoms with Crippen molar-refractivity contribution < 1.29 is 89.4 Å². The molecule has 0 radical (unpaired) electrons. The third-order valence-electron chi connectivity index (χ3n) is 4.18. The molecule has 0 aromatic rings. The Kier molecular flexibility index (Phi) is 22.6. The van der Waals surface area contributed by atoms with Gasteiger partial charge < -0.3 is 53.6 Å². The van der Waals surface area contributed by atoms with Crippen molar-refractivity contribution >= 4 is 0 Å². The third kappa shape index (κ3) is 25.3. The summed E-state index contributed by atoms with van der Waals surface area (Å²) in [4.78, 5) is 0. The summed E-state index contributed by atoms with van der Waals surface area (Å²) < 4.78 is 121. The molecule has 0 spiro atoms. The van der Waals surface area contributed by atoms with Crippen molar-refractivity contribution in [2.75, 3.05) is 92.7 Å². The lowest BCUT2D eigenvalue weighted by Crippen LogP contribution is -2.44. The van der Waals surface area contributed by atoms with E-state index in [-0.39, 0.29) is 53.0 Å². The Hall–Kier alpha value is -1.20. The van der Waals surface area contributed by atoms with Gasteiger partial charge >= 0.3 is 18.5 Å². The summed E-state index contributed by atoms with van der Waals surface area (Å²) in [6.07, 6.45) is -16.2. The van der Waals surface area contributed by atoms with Crippen LogP contribution in [0.5, 0.6) is 0 Å². The Morgan fingerprint density at radius 3 is 1.57 bits per heavy atom. The number of halogens is 6. The maximum Gasteiger partial charge on any atom is 0.495 e. The molecule has 42 heavy (non-hydrogen) atoms. The van der Waals surface area contributed by atoms with Crippen molar-refractivity contribution in [3.05, 3.63) is 12.7 Å². The molecule has 0 aromatic heterocycles. The fourth-order valence-corrected chi connectivity index (χ4v) is 2.51. The Labute approximate surface area is 238 Å². The second-order valence-electron chi connectivity index (χ2n) is 8.36. The third-order valence-corrected chi connectivity index (χ3v) is 4.18. The van der Waals surface area contributed by atoms with Crippen molar-refractivity contribution in [2.45, 2.75) is 43.2 Å². The lowest BCUT2D eigenvalue weighted by molar-refractivity contribution is -0.518. The van der Waals surface area contributed by atoms with Crippen molar-refractivity contribution in [3.8, 4) is 0 Å². The Balaban J connectivity index is 4.03. The van der Waals surface area contributed by atoms with Crippen LogP contribution in [0.15, 0.2) is 12.7 Å². The van der Waals surface area contributed by atoms with E-state index in [1.165, 1.54) is 0 Å². The van der Waals surface area contributed by atoms with Crippen LogP contribution in [-0.4, -0.2) is 150 Å². The highest BCUT2D eigenvalue weighted by atomic mass is 19.3. The van der Waals surface area contributed by atoms with Crippen molar-refractivity contribution in [3.63, 3.8) is 0 Å². The normalized spacial score (nSPS) is 15.1. The largest absolute Gasteiger partial charge is 0.495 e. The molecule has 0 rings (SSSR count). The first-order chi connectivity index (χ1) is 19.7. The van der Waals surface area contributed by atoms with Crippen molar-refractivity contribution in [1.29, 1.82) is 0 Å². The standard InChI is InChI=1S/C23H40F6O13/c1-2-3-5-37-17-40-14-20(33)12-38-11-18(31)10-35-7-8-36-15-21(24,25)41-23(28,29)42-22(26,27)16-39-13-19(32)9-34-6-4-30/h2,18-20,30-33H,1,3-17H2. The average Bonchev–Trinajstić information content (AvgIpc) is 2.86. The molecule has 13 nitrogen and oxygen atoms in total. The summed E-state index contributed by atoms with van der Waals surface area (Å²) in [5.41, 5.74) is 0. The van der Waals surface area contributed by atoms with Gasteiger partial charge in [-0.3, -0.25) is 0 Å². The Bertz CT molecular complexity index is 666. The number of ether oxygens (including phenoxy) is 9. The molecular weight excluding hydrogens is 598 g/mol. The van der Waals surface area contributed by atoms with Crippen LogP contribution in [0.1, 0.15) is 6.42 Å². The van der Waals surface area contributed by atoms with E-state index in [1.54, 1.807) is 6.08 Å². The highest BCUT2D eigenvalue weighted by Gasteiger charge is 2.52. The van der Waals surface area contributed by atoms with Crippen LogP contribution in [0, 0.1) is 0 Å². The van der Waals surface area contributed by atoms with E-state index >= 15 is 0 Å². The number of aliphatic hydroxyl groups is 4. The molecule has 0 saturated heterocycles. The van der Waals surface area contributed by atoms with Gasteiger partial charge in [-0.2, -0.15) is 17.6 Å². The summed E-state index contributed by atoms with van der Waals surface area (Å²) in [5, 5.41) is 37.3. The molecule has 19 heteroatoms. The first kappa shape index (κ1) is 40.8. The van der Waals surface area contributed by atoms with Crippen LogP contribution in [-0.2, 0) is 42.6 Å². The van der Waals surface area contributed by atoms with Gasteiger partial charge in [-0.1, -0.05) is 6.08 Å². The SMILES string of the molecule is C=CCCOCOCC(O)COCC(O)COCCOCC(F)(F)OC(F)(F)OC(F)(F)COCC(O)COCCO. The molecule has 0 bridgehead atoms. The fourth-order valence-electron chi connectivity index (χ4n) is 2.51. The lowest BCUT2D eigenvalue weighted by Gasteiger charge is -2.26. The minimum Gasteiger partial charge on any atom is -0.394 e. The molecule has 3 unspecified atom stereocenters. The minimum absolute atomic E-state index is 0.0273. The Morgan fingerprint density at radius 1 is 0.571 bits per heavy atom. The highest BCUT2D eigenvalue weighted by Crippen LogP contribution is 2.33. The molecular formula is C23H40F6O13. The van der Waals surface area contributed by atoms with Gasteiger partial charge in [0.25, 0.3) is 0 Å². The average molecular weight is 639 g/mol. The zero-order chi connectivity index (χ0) is 31.9. The summed E-state index contributed by atoms with van der Waals surface area (Å²) in [6.45, 7) is -3.15. The van der Waals surface area contributed by atoms with Gasteiger partial charge in [0.15, 0.2) is 0 Å². The van der Waals surface area contributed by atoms with Gasteiger partial charge in [0.1, 0.15) is 38.3 Å². The first-order valence-electron chi connectivity index (χ1n) is 12.6. The number of hydrogen-bond donors (Lipinski definition) is 4. The number of hydrogen-bond acceptors (Lipinski definition) is 13. The zero-order valence-electron chi connectivity index (χ0n) is 22.9. The second kappa shape index (κ2) is 23.2.